The lowest BCUT2D eigenvalue weighted by Crippen LogP contribution is -2.51. The maximum atomic E-state index is 4.26. The second-order valence-electron chi connectivity index (χ2n) is 7.65. The van der Waals surface area contributed by atoms with Crippen molar-refractivity contribution in [1.29, 1.82) is 0 Å². The molecule has 0 N–H and O–H groups in total. The van der Waals surface area contributed by atoms with Crippen LogP contribution in [0.25, 0.3) is 0 Å². The summed E-state index contributed by atoms with van der Waals surface area (Å²) in [6, 6.07) is 14.1. The molecule has 0 radical (unpaired) electrons. The standard InChI is InChI=1S/C22H29N3/c1-18-4-2-5-20(16-18)19-7-9-21(10-8-19)24-12-14-25(15-13-24)22-6-3-11-23-17-22/h2-6,11,16-17,19,21H,7-10,12-15H2,1H3. The number of anilines is 1. The molecule has 3 nitrogen and oxygen atoms in total. The van der Waals surface area contributed by atoms with Crippen LogP contribution in [-0.2, 0) is 0 Å². The summed E-state index contributed by atoms with van der Waals surface area (Å²) in [5, 5.41) is 0. The number of aromatic nitrogens is 1. The minimum absolute atomic E-state index is 0.771. The molecule has 0 amide bonds. The third kappa shape index (κ3) is 3.87. The Labute approximate surface area is 151 Å². The highest BCUT2D eigenvalue weighted by Crippen LogP contribution is 2.35. The number of hydrogen-bond acceptors (Lipinski definition) is 3. The van der Waals surface area contributed by atoms with Crippen LogP contribution in [0.1, 0.15) is 42.7 Å². The van der Waals surface area contributed by atoms with Crippen molar-refractivity contribution in [2.75, 3.05) is 31.1 Å². The quantitative estimate of drug-likeness (QED) is 0.836. The number of aryl methyl sites for hydroxylation is 1. The molecular weight excluding hydrogens is 306 g/mol. The van der Waals surface area contributed by atoms with E-state index in [2.05, 4.69) is 52.0 Å². The van der Waals surface area contributed by atoms with Crippen LogP contribution in [0.15, 0.2) is 48.8 Å². The SMILES string of the molecule is Cc1cccc(C2CCC(N3CCN(c4cccnc4)CC3)CC2)c1. The predicted octanol–water partition coefficient (Wildman–Crippen LogP) is 4.24. The molecule has 1 aromatic heterocycles. The Kier molecular flexibility index (Phi) is 5.02. The normalized spacial score (nSPS) is 25.1. The first-order valence-corrected chi connectivity index (χ1v) is 9.75. The van der Waals surface area contributed by atoms with Crippen molar-refractivity contribution in [3.05, 3.63) is 59.9 Å². The second kappa shape index (κ2) is 7.57. The molecule has 1 saturated carbocycles. The molecule has 1 aromatic carbocycles. The van der Waals surface area contributed by atoms with Gasteiger partial charge in [0.1, 0.15) is 0 Å². The van der Waals surface area contributed by atoms with Gasteiger partial charge in [0.25, 0.3) is 0 Å². The molecule has 0 spiro atoms. The van der Waals surface area contributed by atoms with E-state index in [9.17, 15) is 0 Å². The van der Waals surface area contributed by atoms with Gasteiger partial charge in [-0.05, 0) is 56.2 Å². The van der Waals surface area contributed by atoms with Gasteiger partial charge in [-0.3, -0.25) is 9.88 Å². The molecule has 4 rings (SSSR count). The Morgan fingerprint density at radius 1 is 0.920 bits per heavy atom. The second-order valence-corrected chi connectivity index (χ2v) is 7.65. The Balaban J connectivity index is 1.29. The van der Waals surface area contributed by atoms with E-state index in [0.717, 1.165) is 25.0 Å². The van der Waals surface area contributed by atoms with Gasteiger partial charge >= 0.3 is 0 Å². The van der Waals surface area contributed by atoms with Crippen molar-refractivity contribution >= 4 is 5.69 Å². The van der Waals surface area contributed by atoms with E-state index in [4.69, 9.17) is 0 Å². The summed E-state index contributed by atoms with van der Waals surface area (Å²) in [5.74, 6) is 0.771. The number of rotatable bonds is 3. The molecule has 0 bridgehead atoms. The molecule has 3 heteroatoms. The Hall–Kier alpha value is -1.87. The maximum absolute atomic E-state index is 4.26. The summed E-state index contributed by atoms with van der Waals surface area (Å²) in [7, 11) is 0. The zero-order valence-electron chi connectivity index (χ0n) is 15.3. The Bertz CT molecular complexity index is 669. The van der Waals surface area contributed by atoms with Crippen LogP contribution in [0, 0.1) is 6.92 Å². The molecule has 2 aliphatic rings. The number of benzene rings is 1. The minimum atomic E-state index is 0.771. The summed E-state index contributed by atoms with van der Waals surface area (Å²) in [4.78, 5) is 9.47. The van der Waals surface area contributed by atoms with E-state index in [1.807, 2.05) is 18.5 Å². The molecule has 0 atom stereocenters. The summed E-state index contributed by atoms with van der Waals surface area (Å²) >= 11 is 0. The van der Waals surface area contributed by atoms with Gasteiger partial charge in [0.15, 0.2) is 0 Å². The molecule has 2 aromatic rings. The van der Waals surface area contributed by atoms with Crippen molar-refractivity contribution in [1.82, 2.24) is 9.88 Å². The van der Waals surface area contributed by atoms with Crippen LogP contribution in [0.4, 0.5) is 5.69 Å². The number of piperazine rings is 1. The average Bonchev–Trinajstić information content (AvgIpc) is 2.69. The van der Waals surface area contributed by atoms with E-state index >= 15 is 0 Å². The summed E-state index contributed by atoms with van der Waals surface area (Å²) in [5.41, 5.74) is 4.22. The number of pyridine rings is 1. The molecule has 1 aliphatic carbocycles. The zero-order chi connectivity index (χ0) is 17.1. The van der Waals surface area contributed by atoms with Crippen LogP contribution >= 0.6 is 0 Å². The van der Waals surface area contributed by atoms with Crippen LogP contribution in [0.2, 0.25) is 0 Å². The smallest absolute Gasteiger partial charge is 0.0553 e. The van der Waals surface area contributed by atoms with Gasteiger partial charge in [-0.25, -0.2) is 0 Å². The van der Waals surface area contributed by atoms with Gasteiger partial charge in [-0.2, -0.15) is 0 Å². The van der Waals surface area contributed by atoms with Crippen molar-refractivity contribution in [2.45, 2.75) is 44.6 Å². The highest BCUT2D eigenvalue weighted by atomic mass is 15.3. The molecule has 0 unspecified atom stereocenters. The fourth-order valence-electron chi connectivity index (χ4n) is 4.58. The highest BCUT2D eigenvalue weighted by Gasteiger charge is 2.28. The van der Waals surface area contributed by atoms with Crippen LogP contribution in [0.5, 0.6) is 0 Å². The van der Waals surface area contributed by atoms with E-state index in [1.54, 1.807) is 5.56 Å². The topological polar surface area (TPSA) is 19.4 Å². The Morgan fingerprint density at radius 3 is 2.40 bits per heavy atom. The third-order valence-electron chi connectivity index (χ3n) is 6.05. The first-order valence-electron chi connectivity index (χ1n) is 9.75. The lowest BCUT2D eigenvalue weighted by molar-refractivity contribution is 0.141. The van der Waals surface area contributed by atoms with Gasteiger partial charge in [-0.15, -0.1) is 0 Å². The van der Waals surface area contributed by atoms with E-state index in [1.165, 1.54) is 50.0 Å². The maximum Gasteiger partial charge on any atom is 0.0553 e. The number of nitrogens with zero attached hydrogens (tertiary/aromatic N) is 3. The molecule has 1 saturated heterocycles. The lowest BCUT2D eigenvalue weighted by atomic mass is 9.81. The first kappa shape index (κ1) is 16.6. The fraction of sp³-hybridized carbons (Fsp3) is 0.500. The van der Waals surface area contributed by atoms with Gasteiger partial charge in [-0.1, -0.05) is 29.8 Å². The molecule has 2 heterocycles. The molecule has 2 fully saturated rings. The van der Waals surface area contributed by atoms with E-state index in [-0.39, 0.29) is 0 Å². The fourth-order valence-corrected chi connectivity index (χ4v) is 4.58. The molecule has 132 valence electrons. The third-order valence-corrected chi connectivity index (χ3v) is 6.05. The summed E-state index contributed by atoms with van der Waals surface area (Å²) < 4.78 is 0. The van der Waals surface area contributed by atoms with Gasteiger partial charge in [0, 0.05) is 38.4 Å². The molecule has 1 aliphatic heterocycles. The van der Waals surface area contributed by atoms with Gasteiger partial charge < -0.3 is 4.90 Å². The zero-order valence-corrected chi connectivity index (χ0v) is 15.3. The van der Waals surface area contributed by atoms with Crippen molar-refractivity contribution in [2.24, 2.45) is 0 Å². The van der Waals surface area contributed by atoms with Crippen LogP contribution < -0.4 is 4.90 Å². The lowest BCUT2D eigenvalue weighted by Gasteiger charge is -2.42. The predicted molar refractivity (Wildman–Crippen MR) is 104 cm³/mol. The number of hydrogen-bond donors (Lipinski definition) is 0. The monoisotopic (exact) mass is 335 g/mol. The largest absolute Gasteiger partial charge is 0.368 e. The Morgan fingerprint density at radius 2 is 1.72 bits per heavy atom. The van der Waals surface area contributed by atoms with Crippen LogP contribution in [-0.4, -0.2) is 42.1 Å². The molecular formula is C22H29N3. The summed E-state index contributed by atoms with van der Waals surface area (Å²) in [6.45, 7) is 6.84. The van der Waals surface area contributed by atoms with Crippen molar-refractivity contribution < 1.29 is 0 Å². The minimum Gasteiger partial charge on any atom is -0.368 e. The first-order chi connectivity index (χ1) is 12.3. The van der Waals surface area contributed by atoms with Gasteiger partial charge in [0.05, 0.1) is 11.9 Å². The van der Waals surface area contributed by atoms with Crippen molar-refractivity contribution in [3.8, 4) is 0 Å². The van der Waals surface area contributed by atoms with E-state index < -0.39 is 0 Å². The average molecular weight is 335 g/mol. The highest BCUT2D eigenvalue weighted by molar-refractivity contribution is 5.44. The van der Waals surface area contributed by atoms with Gasteiger partial charge in [0.2, 0.25) is 0 Å². The molecule has 25 heavy (non-hydrogen) atoms. The van der Waals surface area contributed by atoms with E-state index in [0.29, 0.717) is 0 Å². The van der Waals surface area contributed by atoms with Crippen LogP contribution in [0.3, 0.4) is 0 Å². The van der Waals surface area contributed by atoms with Crippen molar-refractivity contribution in [3.63, 3.8) is 0 Å². The summed E-state index contributed by atoms with van der Waals surface area (Å²) in [6.07, 6.45) is 9.24.